The Morgan fingerprint density at radius 2 is 2.11 bits per heavy atom. The molecule has 1 rings (SSSR count). The van der Waals surface area contributed by atoms with Gasteiger partial charge in [0.05, 0.1) is 25.2 Å². The number of aromatic nitrogens is 2. The van der Waals surface area contributed by atoms with E-state index in [0.29, 0.717) is 19.1 Å². The summed E-state index contributed by atoms with van der Waals surface area (Å²) in [6, 6.07) is 0.0666. The minimum absolute atomic E-state index is 0.0666. The molecule has 0 aliphatic rings. The lowest BCUT2D eigenvalue weighted by molar-refractivity contribution is 0.0679. The van der Waals surface area contributed by atoms with Gasteiger partial charge in [0.2, 0.25) is 0 Å². The average Bonchev–Trinajstić information content (AvgIpc) is 2.81. The molecule has 110 valence electrons. The van der Waals surface area contributed by atoms with Crippen LogP contribution in [0.5, 0.6) is 0 Å². The van der Waals surface area contributed by atoms with Crippen molar-refractivity contribution in [1.29, 1.82) is 0 Å². The highest BCUT2D eigenvalue weighted by Gasteiger charge is 2.12. The van der Waals surface area contributed by atoms with Crippen molar-refractivity contribution in [3.63, 3.8) is 0 Å². The molecule has 1 aromatic rings. The Bertz CT molecular complexity index is 339. The second-order valence-corrected chi connectivity index (χ2v) is 5.21. The minimum Gasteiger partial charge on any atom is -0.382 e. The van der Waals surface area contributed by atoms with Crippen LogP contribution in [0.15, 0.2) is 12.5 Å². The lowest BCUT2D eigenvalue weighted by Crippen LogP contribution is -2.17. The third kappa shape index (κ3) is 6.18. The summed E-state index contributed by atoms with van der Waals surface area (Å²) >= 11 is 0. The highest BCUT2D eigenvalue weighted by atomic mass is 16.5. The molecule has 0 aromatic carbocycles. The van der Waals surface area contributed by atoms with Gasteiger partial charge in [-0.2, -0.15) is 0 Å². The molecule has 1 atom stereocenters. The van der Waals surface area contributed by atoms with E-state index in [-0.39, 0.29) is 6.04 Å². The largest absolute Gasteiger partial charge is 0.382 e. The van der Waals surface area contributed by atoms with Gasteiger partial charge in [0.15, 0.2) is 0 Å². The molecule has 19 heavy (non-hydrogen) atoms. The maximum absolute atomic E-state index is 6.20. The predicted octanol–water partition coefficient (Wildman–Crippen LogP) is 1.98. The van der Waals surface area contributed by atoms with Crippen molar-refractivity contribution in [2.24, 2.45) is 11.7 Å². The summed E-state index contributed by atoms with van der Waals surface area (Å²) in [6.45, 7) is 7.30. The van der Waals surface area contributed by atoms with Crippen LogP contribution in [0, 0.1) is 5.92 Å². The van der Waals surface area contributed by atoms with E-state index >= 15 is 0 Å². The van der Waals surface area contributed by atoms with Gasteiger partial charge in [0.1, 0.15) is 0 Å². The zero-order valence-electron chi connectivity index (χ0n) is 12.3. The molecule has 0 saturated carbocycles. The van der Waals surface area contributed by atoms with Gasteiger partial charge >= 0.3 is 0 Å². The third-order valence-corrected chi connectivity index (χ3v) is 2.97. The van der Waals surface area contributed by atoms with E-state index in [1.165, 1.54) is 0 Å². The molecule has 1 aromatic heterocycles. The van der Waals surface area contributed by atoms with E-state index in [9.17, 15) is 0 Å². The first kappa shape index (κ1) is 16.1. The zero-order valence-corrected chi connectivity index (χ0v) is 12.3. The summed E-state index contributed by atoms with van der Waals surface area (Å²) in [5.41, 5.74) is 7.32. The number of ether oxygens (including phenoxy) is 2. The predicted molar refractivity (Wildman–Crippen MR) is 75.9 cm³/mol. The number of imidazole rings is 1. The monoisotopic (exact) mass is 269 g/mol. The molecule has 5 nitrogen and oxygen atoms in total. The zero-order chi connectivity index (χ0) is 14.1. The first-order valence-corrected chi connectivity index (χ1v) is 6.97. The van der Waals surface area contributed by atoms with Crippen LogP contribution in [0.4, 0.5) is 0 Å². The van der Waals surface area contributed by atoms with Crippen LogP contribution in [0.2, 0.25) is 0 Å². The number of hydrogen-bond acceptors (Lipinski definition) is 4. The Hall–Kier alpha value is -0.910. The van der Waals surface area contributed by atoms with Gasteiger partial charge in [-0.1, -0.05) is 13.8 Å². The first-order chi connectivity index (χ1) is 9.15. The molecule has 1 unspecified atom stereocenters. The number of hydrogen-bond donors (Lipinski definition) is 1. The van der Waals surface area contributed by atoms with Gasteiger partial charge in [-0.3, -0.25) is 0 Å². The number of rotatable bonds is 10. The summed E-state index contributed by atoms with van der Waals surface area (Å²) in [7, 11) is 1.68. The molecule has 0 radical (unpaired) electrons. The molecule has 0 aliphatic heterocycles. The van der Waals surface area contributed by atoms with Crippen molar-refractivity contribution in [3.8, 4) is 0 Å². The third-order valence-electron chi connectivity index (χ3n) is 2.97. The van der Waals surface area contributed by atoms with Gasteiger partial charge in [-0.25, -0.2) is 4.98 Å². The van der Waals surface area contributed by atoms with Crippen LogP contribution < -0.4 is 5.73 Å². The van der Waals surface area contributed by atoms with E-state index in [2.05, 4.69) is 23.4 Å². The van der Waals surface area contributed by atoms with E-state index in [4.69, 9.17) is 15.2 Å². The summed E-state index contributed by atoms with van der Waals surface area (Å²) in [4.78, 5) is 4.20. The van der Waals surface area contributed by atoms with Gasteiger partial charge in [-0.15, -0.1) is 0 Å². The van der Waals surface area contributed by atoms with Crippen LogP contribution in [0.1, 0.15) is 38.4 Å². The second-order valence-electron chi connectivity index (χ2n) is 5.21. The second kappa shape index (κ2) is 9.07. The fourth-order valence-corrected chi connectivity index (χ4v) is 2.04. The van der Waals surface area contributed by atoms with Crippen molar-refractivity contribution in [1.82, 2.24) is 9.55 Å². The number of methoxy groups -OCH3 is 1. The van der Waals surface area contributed by atoms with Crippen LogP contribution in [-0.4, -0.2) is 36.5 Å². The van der Waals surface area contributed by atoms with Gasteiger partial charge < -0.3 is 19.8 Å². The van der Waals surface area contributed by atoms with Crippen molar-refractivity contribution in [2.45, 2.75) is 39.3 Å². The number of aryl methyl sites for hydroxylation is 1. The Balaban J connectivity index is 2.32. The highest BCUT2D eigenvalue weighted by molar-refractivity contribution is 5.04. The molecule has 5 heteroatoms. The number of nitrogens with two attached hydrogens (primary N) is 1. The maximum atomic E-state index is 6.20. The first-order valence-electron chi connectivity index (χ1n) is 6.97. The summed E-state index contributed by atoms with van der Waals surface area (Å²) in [6.07, 6.45) is 5.67. The lowest BCUT2D eigenvalue weighted by atomic mass is 10.0. The lowest BCUT2D eigenvalue weighted by Gasteiger charge is -2.16. The SMILES string of the molecule is COCCOCCCn1cncc1C(N)CC(C)C. The Labute approximate surface area is 116 Å². The summed E-state index contributed by atoms with van der Waals surface area (Å²) in [5, 5.41) is 0. The van der Waals surface area contributed by atoms with E-state index in [1.807, 2.05) is 12.5 Å². The molecule has 0 bridgehead atoms. The fraction of sp³-hybridized carbons (Fsp3) is 0.786. The molecular formula is C14H27N3O2. The Morgan fingerprint density at radius 3 is 2.79 bits per heavy atom. The minimum atomic E-state index is 0.0666. The van der Waals surface area contributed by atoms with Crippen LogP contribution in [0.3, 0.4) is 0 Å². The number of nitrogens with zero attached hydrogens (tertiary/aromatic N) is 2. The average molecular weight is 269 g/mol. The van der Waals surface area contributed by atoms with Gasteiger partial charge in [-0.05, 0) is 18.8 Å². The topological polar surface area (TPSA) is 62.3 Å². The van der Waals surface area contributed by atoms with Crippen LogP contribution >= 0.6 is 0 Å². The van der Waals surface area contributed by atoms with Gasteiger partial charge in [0.25, 0.3) is 0 Å². The molecule has 0 spiro atoms. The molecule has 1 heterocycles. The molecule has 0 fully saturated rings. The quantitative estimate of drug-likeness (QED) is 0.660. The standard InChI is InChI=1S/C14H27N3O2/c1-12(2)9-13(15)14-10-16-11-17(14)5-4-6-19-8-7-18-3/h10-13H,4-9,15H2,1-3H3. The molecule has 0 aliphatic carbocycles. The van der Waals surface area contributed by atoms with Crippen molar-refractivity contribution >= 4 is 0 Å². The Morgan fingerprint density at radius 1 is 1.32 bits per heavy atom. The summed E-state index contributed by atoms with van der Waals surface area (Å²) in [5.74, 6) is 0.593. The molecule has 2 N–H and O–H groups in total. The van der Waals surface area contributed by atoms with Crippen molar-refractivity contribution in [3.05, 3.63) is 18.2 Å². The van der Waals surface area contributed by atoms with Gasteiger partial charge in [0, 0.05) is 32.5 Å². The smallest absolute Gasteiger partial charge is 0.0948 e. The van der Waals surface area contributed by atoms with E-state index in [0.717, 1.165) is 31.7 Å². The van der Waals surface area contributed by atoms with E-state index < -0.39 is 0 Å². The van der Waals surface area contributed by atoms with E-state index in [1.54, 1.807) is 7.11 Å². The fourth-order valence-electron chi connectivity index (χ4n) is 2.04. The Kier molecular flexibility index (Phi) is 7.70. The molecule has 0 amide bonds. The van der Waals surface area contributed by atoms with Crippen molar-refractivity contribution in [2.75, 3.05) is 26.9 Å². The maximum Gasteiger partial charge on any atom is 0.0948 e. The summed E-state index contributed by atoms with van der Waals surface area (Å²) < 4.78 is 12.5. The molecule has 0 saturated heterocycles. The van der Waals surface area contributed by atoms with Crippen LogP contribution in [-0.2, 0) is 16.0 Å². The van der Waals surface area contributed by atoms with Crippen molar-refractivity contribution < 1.29 is 9.47 Å². The highest BCUT2D eigenvalue weighted by Crippen LogP contribution is 2.18. The molecular weight excluding hydrogens is 242 g/mol. The van der Waals surface area contributed by atoms with Crippen LogP contribution in [0.25, 0.3) is 0 Å². The normalized spacial score (nSPS) is 13.1.